The molecular formula is C13H19BrN2O2. The summed E-state index contributed by atoms with van der Waals surface area (Å²) in [6.07, 6.45) is 4.15. The van der Waals surface area contributed by atoms with Gasteiger partial charge in [-0.2, -0.15) is 0 Å². The maximum absolute atomic E-state index is 5.41. The first kappa shape index (κ1) is 13.6. The van der Waals surface area contributed by atoms with E-state index < -0.39 is 0 Å². The fourth-order valence-electron chi connectivity index (χ4n) is 2.23. The van der Waals surface area contributed by atoms with Crippen molar-refractivity contribution in [3.05, 3.63) is 18.0 Å². The molecule has 0 amide bonds. The number of piperidine rings is 1. The molecular weight excluding hydrogens is 296 g/mol. The maximum Gasteiger partial charge on any atom is 0.183 e. The minimum Gasteiger partial charge on any atom is -0.493 e. The summed E-state index contributed by atoms with van der Waals surface area (Å²) in [5.74, 6) is 1.50. The summed E-state index contributed by atoms with van der Waals surface area (Å²) in [6, 6.07) is 1.83. The van der Waals surface area contributed by atoms with Crippen molar-refractivity contribution in [2.75, 3.05) is 27.3 Å². The number of likely N-dealkylation sites (tertiary alicyclic amines) is 1. The van der Waals surface area contributed by atoms with Crippen molar-refractivity contribution >= 4 is 15.9 Å². The topological polar surface area (TPSA) is 34.6 Å². The van der Waals surface area contributed by atoms with Gasteiger partial charge in [0, 0.05) is 23.6 Å². The summed E-state index contributed by atoms with van der Waals surface area (Å²) < 4.78 is 10.7. The van der Waals surface area contributed by atoms with Crippen LogP contribution in [0.15, 0.2) is 12.3 Å². The van der Waals surface area contributed by atoms with Crippen molar-refractivity contribution < 1.29 is 9.47 Å². The first-order valence-corrected chi connectivity index (χ1v) is 7.08. The van der Waals surface area contributed by atoms with Crippen LogP contribution in [-0.4, -0.2) is 42.0 Å². The average molecular weight is 315 g/mol. The van der Waals surface area contributed by atoms with E-state index in [1.807, 2.05) is 6.07 Å². The second-order valence-electron chi connectivity index (χ2n) is 4.44. The highest BCUT2D eigenvalue weighted by Gasteiger charge is 2.19. The Morgan fingerprint density at radius 2 is 2.06 bits per heavy atom. The predicted octanol–water partition coefficient (Wildman–Crippen LogP) is 2.46. The van der Waals surface area contributed by atoms with Gasteiger partial charge in [-0.25, -0.2) is 0 Å². The van der Waals surface area contributed by atoms with Crippen LogP contribution in [0.25, 0.3) is 0 Å². The van der Waals surface area contributed by atoms with E-state index in [1.54, 1.807) is 20.4 Å². The van der Waals surface area contributed by atoms with Crippen LogP contribution in [0.4, 0.5) is 0 Å². The zero-order chi connectivity index (χ0) is 13.0. The molecule has 0 atom stereocenters. The van der Waals surface area contributed by atoms with Crippen LogP contribution >= 0.6 is 15.9 Å². The van der Waals surface area contributed by atoms with E-state index in [0.717, 1.165) is 36.8 Å². The Kier molecular flexibility index (Phi) is 4.83. The molecule has 0 aliphatic carbocycles. The lowest BCUT2D eigenvalue weighted by molar-refractivity contribution is 0.219. The highest BCUT2D eigenvalue weighted by Crippen LogP contribution is 2.30. The Morgan fingerprint density at radius 1 is 1.33 bits per heavy atom. The van der Waals surface area contributed by atoms with E-state index in [-0.39, 0.29) is 0 Å². The van der Waals surface area contributed by atoms with Crippen molar-refractivity contribution in [1.82, 2.24) is 9.88 Å². The van der Waals surface area contributed by atoms with Gasteiger partial charge in [-0.05, 0) is 25.9 Å². The van der Waals surface area contributed by atoms with Crippen molar-refractivity contribution in [3.8, 4) is 11.5 Å². The van der Waals surface area contributed by atoms with Gasteiger partial charge in [0.25, 0.3) is 0 Å². The number of rotatable bonds is 4. The van der Waals surface area contributed by atoms with E-state index in [2.05, 4.69) is 25.8 Å². The smallest absolute Gasteiger partial charge is 0.183 e. The van der Waals surface area contributed by atoms with Crippen LogP contribution < -0.4 is 9.47 Å². The molecule has 0 spiro atoms. The van der Waals surface area contributed by atoms with Gasteiger partial charge in [-0.15, -0.1) is 0 Å². The number of halogens is 1. The van der Waals surface area contributed by atoms with Gasteiger partial charge >= 0.3 is 0 Å². The molecule has 4 nitrogen and oxygen atoms in total. The second kappa shape index (κ2) is 6.38. The van der Waals surface area contributed by atoms with Crippen LogP contribution in [0.3, 0.4) is 0 Å². The van der Waals surface area contributed by atoms with E-state index in [4.69, 9.17) is 9.47 Å². The third kappa shape index (κ3) is 3.14. The second-order valence-corrected chi connectivity index (χ2v) is 5.74. The SMILES string of the molecule is COc1ccnc(CN2CCC(Br)CC2)c1OC. The van der Waals surface area contributed by atoms with Gasteiger partial charge in [0.15, 0.2) is 11.5 Å². The molecule has 0 radical (unpaired) electrons. The molecule has 1 fully saturated rings. The Bertz CT molecular complexity index is 393. The van der Waals surface area contributed by atoms with E-state index >= 15 is 0 Å². The number of methoxy groups -OCH3 is 2. The van der Waals surface area contributed by atoms with Gasteiger partial charge in [0.2, 0.25) is 0 Å². The maximum atomic E-state index is 5.41. The molecule has 0 aromatic carbocycles. The molecule has 1 saturated heterocycles. The van der Waals surface area contributed by atoms with Crippen LogP contribution in [-0.2, 0) is 6.54 Å². The standard InChI is InChI=1S/C13H19BrN2O2/c1-17-12-3-6-15-11(13(12)18-2)9-16-7-4-10(14)5-8-16/h3,6,10H,4-5,7-9H2,1-2H3. The fourth-order valence-corrected chi connectivity index (χ4v) is 2.64. The lowest BCUT2D eigenvalue weighted by Crippen LogP contribution is -2.33. The molecule has 0 N–H and O–H groups in total. The molecule has 0 unspecified atom stereocenters. The molecule has 1 aromatic heterocycles. The number of hydrogen-bond acceptors (Lipinski definition) is 4. The van der Waals surface area contributed by atoms with Crippen LogP contribution in [0.2, 0.25) is 0 Å². The molecule has 2 rings (SSSR count). The molecule has 1 aliphatic rings. The van der Waals surface area contributed by atoms with Gasteiger partial charge in [-0.3, -0.25) is 9.88 Å². The quantitative estimate of drug-likeness (QED) is 0.800. The van der Waals surface area contributed by atoms with Gasteiger partial charge in [-0.1, -0.05) is 15.9 Å². The first-order valence-electron chi connectivity index (χ1n) is 6.17. The Hall–Kier alpha value is -0.810. The van der Waals surface area contributed by atoms with Crippen LogP contribution in [0.1, 0.15) is 18.5 Å². The summed E-state index contributed by atoms with van der Waals surface area (Å²) in [4.78, 5) is 7.48. The number of aromatic nitrogens is 1. The number of alkyl halides is 1. The molecule has 100 valence electrons. The minimum absolute atomic E-state index is 0.661. The molecule has 0 saturated carbocycles. The zero-order valence-electron chi connectivity index (χ0n) is 10.9. The predicted molar refractivity (Wildman–Crippen MR) is 74.6 cm³/mol. The largest absolute Gasteiger partial charge is 0.493 e. The minimum atomic E-state index is 0.661. The first-order chi connectivity index (χ1) is 8.74. The van der Waals surface area contributed by atoms with E-state index in [1.165, 1.54) is 12.8 Å². The lowest BCUT2D eigenvalue weighted by atomic mass is 10.1. The zero-order valence-corrected chi connectivity index (χ0v) is 12.4. The molecule has 5 heteroatoms. The highest BCUT2D eigenvalue weighted by molar-refractivity contribution is 9.09. The molecule has 2 heterocycles. The van der Waals surface area contributed by atoms with Gasteiger partial charge in [0.1, 0.15) is 5.69 Å². The van der Waals surface area contributed by atoms with Crippen molar-refractivity contribution in [2.24, 2.45) is 0 Å². The van der Waals surface area contributed by atoms with Crippen molar-refractivity contribution in [3.63, 3.8) is 0 Å². The molecule has 18 heavy (non-hydrogen) atoms. The normalized spacial score (nSPS) is 17.7. The number of pyridine rings is 1. The number of hydrogen-bond donors (Lipinski definition) is 0. The third-order valence-electron chi connectivity index (χ3n) is 3.26. The lowest BCUT2D eigenvalue weighted by Gasteiger charge is -2.29. The summed E-state index contributed by atoms with van der Waals surface area (Å²) in [7, 11) is 3.31. The van der Waals surface area contributed by atoms with Crippen LogP contribution in [0.5, 0.6) is 11.5 Å². The van der Waals surface area contributed by atoms with Gasteiger partial charge in [0.05, 0.1) is 14.2 Å². The highest BCUT2D eigenvalue weighted by atomic mass is 79.9. The molecule has 1 aromatic rings. The Balaban J connectivity index is 2.09. The Morgan fingerprint density at radius 3 is 2.67 bits per heavy atom. The van der Waals surface area contributed by atoms with E-state index in [0.29, 0.717) is 4.83 Å². The van der Waals surface area contributed by atoms with E-state index in [9.17, 15) is 0 Å². The summed E-state index contributed by atoms with van der Waals surface area (Å²) in [5.41, 5.74) is 0.949. The van der Waals surface area contributed by atoms with Gasteiger partial charge < -0.3 is 9.47 Å². The number of ether oxygens (including phenoxy) is 2. The van der Waals surface area contributed by atoms with Crippen molar-refractivity contribution in [1.29, 1.82) is 0 Å². The summed E-state index contributed by atoms with van der Waals surface area (Å²) >= 11 is 3.67. The molecule has 0 bridgehead atoms. The summed E-state index contributed by atoms with van der Waals surface area (Å²) in [6.45, 7) is 3.01. The average Bonchev–Trinajstić information content (AvgIpc) is 2.41. The number of nitrogens with zero attached hydrogens (tertiary/aromatic N) is 2. The monoisotopic (exact) mass is 314 g/mol. The third-order valence-corrected chi connectivity index (χ3v) is 4.17. The van der Waals surface area contributed by atoms with Crippen molar-refractivity contribution in [2.45, 2.75) is 24.2 Å². The summed E-state index contributed by atoms with van der Waals surface area (Å²) in [5, 5.41) is 0. The molecule has 1 aliphatic heterocycles. The fraction of sp³-hybridized carbons (Fsp3) is 0.615. The Labute approximate surface area is 116 Å². The van der Waals surface area contributed by atoms with Crippen LogP contribution in [0, 0.1) is 0 Å².